The predicted molar refractivity (Wildman–Crippen MR) is 173 cm³/mol. The Morgan fingerprint density at radius 2 is 1.68 bits per heavy atom. The SMILES string of the molecule is C[C@@H](C(=O)OC(C)(C)C)N(C(=O)[C@@H]1CCCN1S(=O)(=O)c1cn(C)cn1)c1ccc(OC(=O)N2CCN(c3ccccn3)CC2)cc1. The summed E-state index contributed by atoms with van der Waals surface area (Å²) in [6, 6.07) is 9.75. The Morgan fingerprint density at radius 3 is 2.28 bits per heavy atom. The number of esters is 1. The summed E-state index contributed by atoms with van der Waals surface area (Å²) in [4.78, 5) is 53.8. The molecule has 2 saturated heterocycles. The fourth-order valence-electron chi connectivity index (χ4n) is 5.61. The van der Waals surface area contributed by atoms with Crippen LogP contribution in [0.15, 0.2) is 66.2 Å². The molecule has 0 bridgehead atoms. The topological polar surface area (TPSA) is 147 Å². The Balaban J connectivity index is 1.33. The van der Waals surface area contributed by atoms with E-state index in [0.717, 1.165) is 10.1 Å². The predicted octanol–water partition coefficient (Wildman–Crippen LogP) is 3.05. The van der Waals surface area contributed by atoms with Gasteiger partial charge in [-0.2, -0.15) is 4.31 Å². The van der Waals surface area contributed by atoms with Crippen LogP contribution in [0.2, 0.25) is 0 Å². The van der Waals surface area contributed by atoms with Crippen molar-refractivity contribution in [1.29, 1.82) is 0 Å². The number of rotatable bonds is 8. The number of hydrogen-bond donors (Lipinski definition) is 0. The highest BCUT2D eigenvalue weighted by Gasteiger charge is 2.44. The van der Waals surface area contributed by atoms with E-state index >= 15 is 0 Å². The molecule has 15 heteroatoms. The van der Waals surface area contributed by atoms with Crippen molar-refractivity contribution in [2.24, 2.45) is 7.05 Å². The van der Waals surface area contributed by atoms with Gasteiger partial charge in [-0.1, -0.05) is 6.07 Å². The second-order valence-corrected chi connectivity index (χ2v) is 14.4. The number of anilines is 2. The van der Waals surface area contributed by atoms with Crippen LogP contribution in [-0.2, 0) is 31.4 Å². The first kappa shape index (κ1) is 33.9. The summed E-state index contributed by atoms with van der Waals surface area (Å²) < 4.78 is 40.9. The number of piperazine rings is 1. The molecule has 0 N–H and O–H groups in total. The third-order valence-electron chi connectivity index (χ3n) is 7.95. The number of aryl methyl sites for hydroxylation is 1. The van der Waals surface area contributed by atoms with Crippen LogP contribution in [-0.4, -0.2) is 101 Å². The van der Waals surface area contributed by atoms with Crippen LogP contribution in [0.3, 0.4) is 0 Å². The van der Waals surface area contributed by atoms with Gasteiger partial charge in [0, 0.05) is 57.9 Å². The number of ether oxygens (including phenoxy) is 2. The first-order valence-electron chi connectivity index (χ1n) is 15.5. The molecule has 47 heavy (non-hydrogen) atoms. The summed E-state index contributed by atoms with van der Waals surface area (Å²) >= 11 is 0. The number of benzene rings is 1. The molecule has 0 radical (unpaired) electrons. The zero-order chi connectivity index (χ0) is 33.9. The Hall–Kier alpha value is -4.50. The highest BCUT2D eigenvalue weighted by Crippen LogP contribution is 2.31. The zero-order valence-corrected chi connectivity index (χ0v) is 28.1. The molecule has 0 aliphatic carbocycles. The molecule has 2 aliphatic rings. The van der Waals surface area contributed by atoms with Crippen molar-refractivity contribution >= 4 is 39.5 Å². The average Bonchev–Trinajstić information content (AvgIpc) is 3.72. The minimum absolute atomic E-state index is 0.134. The maximum Gasteiger partial charge on any atom is 0.415 e. The lowest BCUT2D eigenvalue weighted by atomic mass is 10.1. The highest BCUT2D eigenvalue weighted by molar-refractivity contribution is 7.89. The fraction of sp³-hybridized carbons (Fsp3) is 0.469. The summed E-state index contributed by atoms with van der Waals surface area (Å²) in [6.45, 7) is 8.99. The van der Waals surface area contributed by atoms with Gasteiger partial charge in [-0.25, -0.2) is 28.0 Å². The first-order chi connectivity index (χ1) is 22.2. The number of hydrogen-bond acceptors (Lipinski definition) is 10. The monoisotopic (exact) mass is 667 g/mol. The van der Waals surface area contributed by atoms with Crippen LogP contribution in [0, 0.1) is 0 Å². The minimum Gasteiger partial charge on any atom is -0.458 e. The number of nitrogens with zero attached hydrogens (tertiary/aromatic N) is 7. The second kappa shape index (κ2) is 13.7. The van der Waals surface area contributed by atoms with Gasteiger partial charge in [0.25, 0.3) is 10.0 Å². The molecule has 0 spiro atoms. The van der Waals surface area contributed by atoms with Crippen LogP contribution in [0.25, 0.3) is 0 Å². The summed E-state index contributed by atoms with van der Waals surface area (Å²) in [7, 11) is -2.42. The van der Waals surface area contributed by atoms with Crippen molar-refractivity contribution in [3.8, 4) is 5.75 Å². The van der Waals surface area contributed by atoms with E-state index in [-0.39, 0.29) is 23.7 Å². The van der Waals surface area contributed by atoms with Gasteiger partial charge >= 0.3 is 12.1 Å². The molecule has 1 aromatic carbocycles. The van der Waals surface area contributed by atoms with E-state index in [1.165, 1.54) is 41.0 Å². The third-order valence-corrected chi connectivity index (χ3v) is 9.74. The average molecular weight is 668 g/mol. The minimum atomic E-state index is -4.08. The first-order valence-corrected chi connectivity index (χ1v) is 17.0. The third kappa shape index (κ3) is 7.73. The Kier molecular flexibility index (Phi) is 9.86. The van der Waals surface area contributed by atoms with Crippen molar-refractivity contribution in [2.75, 3.05) is 42.5 Å². The van der Waals surface area contributed by atoms with Gasteiger partial charge in [-0.05, 0) is 76.9 Å². The molecular weight excluding hydrogens is 626 g/mol. The molecule has 14 nitrogen and oxygen atoms in total. The van der Waals surface area contributed by atoms with E-state index in [2.05, 4.69) is 14.9 Å². The summed E-state index contributed by atoms with van der Waals surface area (Å²) in [5.41, 5.74) is -0.498. The van der Waals surface area contributed by atoms with Crippen molar-refractivity contribution in [2.45, 2.75) is 63.2 Å². The van der Waals surface area contributed by atoms with E-state index in [1.54, 1.807) is 51.0 Å². The quantitative estimate of drug-likeness (QED) is 0.329. The smallest absolute Gasteiger partial charge is 0.415 e. The summed E-state index contributed by atoms with van der Waals surface area (Å²) in [5.74, 6) is -0.117. The lowest BCUT2D eigenvalue weighted by Crippen LogP contribution is -2.53. The molecule has 2 amide bonds. The molecule has 2 fully saturated rings. The molecule has 0 saturated carbocycles. The lowest BCUT2D eigenvalue weighted by Gasteiger charge is -2.35. The van der Waals surface area contributed by atoms with E-state index in [9.17, 15) is 22.8 Å². The van der Waals surface area contributed by atoms with Crippen LogP contribution in [0.1, 0.15) is 40.5 Å². The Morgan fingerprint density at radius 1 is 0.979 bits per heavy atom. The van der Waals surface area contributed by atoms with Gasteiger partial charge in [0.05, 0.1) is 6.33 Å². The number of aromatic nitrogens is 3. The molecule has 2 aliphatic heterocycles. The Bertz CT molecular complexity index is 1680. The van der Waals surface area contributed by atoms with Gasteiger partial charge in [0.15, 0.2) is 5.03 Å². The van der Waals surface area contributed by atoms with Crippen LogP contribution >= 0.6 is 0 Å². The van der Waals surface area contributed by atoms with Gasteiger partial charge in [0.2, 0.25) is 5.91 Å². The van der Waals surface area contributed by atoms with Crippen molar-refractivity contribution in [3.63, 3.8) is 0 Å². The second-order valence-electron chi connectivity index (χ2n) is 12.6. The van der Waals surface area contributed by atoms with E-state index in [1.807, 2.05) is 18.2 Å². The van der Waals surface area contributed by atoms with Gasteiger partial charge in [-0.3, -0.25) is 9.69 Å². The van der Waals surface area contributed by atoms with Gasteiger partial charge in [0.1, 0.15) is 29.3 Å². The van der Waals surface area contributed by atoms with Crippen LogP contribution in [0.4, 0.5) is 16.3 Å². The molecule has 2 atom stereocenters. The standard InChI is InChI=1S/C32H41N7O7S/c1-23(30(41)46-32(2,3)4)39(29(40)26-9-8-16-38(26)47(43,44)28-21-35(5)22-34-28)24-11-13-25(14-12-24)45-31(42)37-19-17-36(18-20-37)27-10-6-7-15-33-27/h6-7,10-15,21-23,26H,8-9,16-20H2,1-5H3/t23-,26-/m0/s1. The van der Waals surface area contributed by atoms with E-state index in [4.69, 9.17) is 9.47 Å². The number of carbonyl (C=O) groups is 3. The number of sulfonamides is 1. The van der Waals surface area contributed by atoms with Crippen molar-refractivity contribution in [1.82, 2.24) is 23.7 Å². The molecule has 5 rings (SSSR count). The molecular formula is C32H41N7O7S. The van der Waals surface area contributed by atoms with Gasteiger partial charge < -0.3 is 23.8 Å². The fourth-order valence-corrected chi connectivity index (χ4v) is 7.23. The normalized spacial score (nSPS) is 18.1. The highest BCUT2D eigenvalue weighted by atomic mass is 32.2. The largest absolute Gasteiger partial charge is 0.458 e. The van der Waals surface area contributed by atoms with Crippen LogP contribution in [0.5, 0.6) is 5.75 Å². The lowest BCUT2D eigenvalue weighted by molar-refractivity contribution is -0.157. The summed E-state index contributed by atoms with van der Waals surface area (Å²) in [6.07, 6.45) is 4.73. The summed E-state index contributed by atoms with van der Waals surface area (Å²) in [5, 5.41) is -0.157. The maximum atomic E-state index is 14.2. The number of amides is 2. The molecule has 4 heterocycles. The maximum absolute atomic E-state index is 14.2. The van der Waals surface area contributed by atoms with E-state index < -0.39 is 45.7 Å². The van der Waals surface area contributed by atoms with Gasteiger partial charge in [-0.15, -0.1) is 0 Å². The molecule has 3 aromatic rings. The number of imidazole rings is 1. The zero-order valence-electron chi connectivity index (χ0n) is 27.3. The van der Waals surface area contributed by atoms with Crippen LogP contribution < -0.4 is 14.5 Å². The Labute approximate surface area is 274 Å². The number of pyridine rings is 1. The molecule has 0 unspecified atom stereocenters. The van der Waals surface area contributed by atoms with Crippen molar-refractivity contribution in [3.05, 3.63) is 61.2 Å². The van der Waals surface area contributed by atoms with Crippen molar-refractivity contribution < 1.29 is 32.3 Å². The molecule has 2 aromatic heterocycles. The number of carbonyl (C=O) groups excluding carboxylic acids is 3. The molecule has 252 valence electrons. The van der Waals surface area contributed by atoms with E-state index in [0.29, 0.717) is 38.3 Å².